The van der Waals surface area contributed by atoms with Crippen LogP contribution in [0.15, 0.2) is 54.6 Å². The van der Waals surface area contributed by atoms with Gasteiger partial charge in [0.2, 0.25) is 0 Å². The van der Waals surface area contributed by atoms with E-state index >= 15 is 0 Å². The number of rotatable bonds is 3. The standard InChI is InChI=1S/C16H14Cl2Te/c1-11-7-9-13(10-8-11)19-15-14(16(15,17)18)12-5-3-2-4-6-12/h2-10,14-15H,1H3. The van der Waals surface area contributed by atoms with Gasteiger partial charge in [0.05, 0.1) is 0 Å². The zero-order chi connectivity index (χ0) is 13.5. The molecule has 2 atom stereocenters. The van der Waals surface area contributed by atoms with Crippen molar-refractivity contribution in [1.29, 1.82) is 0 Å². The van der Waals surface area contributed by atoms with Crippen molar-refractivity contribution < 1.29 is 0 Å². The SMILES string of the molecule is Cc1ccc([Te]C2C(c3ccccc3)C2(Cl)Cl)cc1. The fourth-order valence-electron chi connectivity index (χ4n) is 2.27. The number of hydrogen-bond acceptors (Lipinski definition) is 0. The van der Waals surface area contributed by atoms with Crippen molar-refractivity contribution in [2.75, 3.05) is 0 Å². The summed E-state index contributed by atoms with van der Waals surface area (Å²) in [6, 6.07) is 19.2. The first-order valence-electron chi connectivity index (χ1n) is 6.25. The Morgan fingerprint density at radius 2 is 1.58 bits per heavy atom. The van der Waals surface area contributed by atoms with E-state index in [2.05, 4.69) is 55.5 Å². The summed E-state index contributed by atoms with van der Waals surface area (Å²) in [5.74, 6) is 0.306. The van der Waals surface area contributed by atoms with Crippen LogP contribution < -0.4 is 3.61 Å². The monoisotopic (exact) mass is 406 g/mol. The van der Waals surface area contributed by atoms with Gasteiger partial charge in [0.1, 0.15) is 0 Å². The Labute approximate surface area is 134 Å². The van der Waals surface area contributed by atoms with Crippen molar-refractivity contribution in [2.24, 2.45) is 0 Å². The van der Waals surface area contributed by atoms with Crippen LogP contribution in [0, 0.1) is 6.92 Å². The molecule has 0 aliphatic heterocycles. The van der Waals surface area contributed by atoms with Crippen molar-refractivity contribution in [3.05, 3.63) is 65.7 Å². The molecule has 3 rings (SSSR count). The molecule has 1 aliphatic rings. The number of hydrogen-bond donors (Lipinski definition) is 0. The van der Waals surface area contributed by atoms with E-state index in [-0.39, 0.29) is 20.9 Å². The van der Waals surface area contributed by atoms with Gasteiger partial charge in [-0.25, -0.2) is 0 Å². The third kappa shape index (κ3) is 2.81. The average Bonchev–Trinajstić information content (AvgIpc) is 2.95. The number of alkyl halides is 2. The predicted octanol–water partition coefficient (Wildman–Crippen LogP) is 4.08. The second-order valence-corrected chi connectivity index (χ2v) is 9.83. The molecule has 19 heavy (non-hydrogen) atoms. The van der Waals surface area contributed by atoms with Crippen LogP contribution in [0.25, 0.3) is 0 Å². The Kier molecular flexibility index (Phi) is 3.84. The molecular weight excluding hydrogens is 391 g/mol. The number of benzene rings is 2. The molecule has 0 N–H and O–H groups in total. The van der Waals surface area contributed by atoms with Crippen molar-refractivity contribution in [2.45, 2.75) is 21.1 Å². The molecule has 2 aromatic rings. The Morgan fingerprint density at radius 1 is 0.947 bits per heavy atom. The van der Waals surface area contributed by atoms with E-state index in [9.17, 15) is 0 Å². The summed E-state index contributed by atoms with van der Waals surface area (Å²) in [4.78, 5) is 0. The summed E-state index contributed by atoms with van der Waals surface area (Å²) in [5.41, 5.74) is 2.57. The Balaban J connectivity index is 1.77. The minimum absolute atomic E-state index is 0.306. The van der Waals surface area contributed by atoms with Gasteiger partial charge in [0.15, 0.2) is 0 Å². The Morgan fingerprint density at radius 3 is 2.21 bits per heavy atom. The topological polar surface area (TPSA) is 0 Å². The maximum absolute atomic E-state index is 6.49. The Bertz CT molecular complexity index is 563. The summed E-state index contributed by atoms with van der Waals surface area (Å²) in [6.07, 6.45) is 0. The van der Waals surface area contributed by atoms with Crippen LogP contribution in [0.3, 0.4) is 0 Å². The predicted molar refractivity (Wildman–Crippen MR) is 83.9 cm³/mol. The first-order chi connectivity index (χ1) is 9.09. The van der Waals surface area contributed by atoms with E-state index < -0.39 is 4.33 Å². The van der Waals surface area contributed by atoms with Gasteiger partial charge in [-0.2, -0.15) is 0 Å². The van der Waals surface area contributed by atoms with Gasteiger partial charge in [-0.3, -0.25) is 0 Å². The van der Waals surface area contributed by atoms with Crippen LogP contribution in [0.1, 0.15) is 17.0 Å². The van der Waals surface area contributed by atoms with Gasteiger partial charge in [-0.1, -0.05) is 0 Å². The first-order valence-corrected chi connectivity index (χ1v) is 9.52. The van der Waals surface area contributed by atoms with Crippen molar-refractivity contribution >= 4 is 47.7 Å². The van der Waals surface area contributed by atoms with Crippen LogP contribution in [0.4, 0.5) is 0 Å². The van der Waals surface area contributed by atoms with Gasteiger partial charge < -0.3 is 0 Å². The van der Waals surface area contributed by atoms with E-state index in [0.717, 1.165) is 0 Å². The van der Waals surface area contributed by atoms with E-state index in [0.29, 0.717) is 9.88 Å². The van der Waals surface area contributed by atoms with E-state index in [4.69, 9.17) is 23.2 Å². The molecule has 1 aliphatic carbocycles. The molecule has 1 saturated carbocycles. The third-order valence-corrected chi connectivity index (χ3v) is 9.30. The second kappa shape index (κ2) is 5.30. The van der Waals surface area contributed by atoms with E-state index in [1.54, 1.807) is 0 Å². The van der Waals surface area contributed by atoms with Crippen molar-refractivity contribution in [3.63, 3.8) is 0 Å². The fourth-order valence-corrected chi connectivity index (χ4v) is 7.73. The summed E-state index contributed by atoms with van der Waals surface area (Å²) in [5, 5.41) is 0. The average molecular weight is 405 g/mol. The van der Waals surface area contributed by atoms with E-state index in [1.165, 1.54) is 14.7 Å². The summed E-state index contributed by atoms with van der Waals surface area (Å²) in [7, 11) is 0. The second-order valence-electron chi connectivity index (χ2n) is 4.91. The van der Waals surface area contributed by atoms with Gasteiger partial charge in [0, 0.05) is 0 Å². The quantitative estimate of drug-likeness (QED) is 0.534. The molecule has 0 radical (unpaired) electrons. The van der Waals surface area contributed by atoms with Gasteiger partial charge >= 0.3 is 135 Å². The first kappa shape index (κ1) is 13.8. The zero-order valence-corrected chi connectivity index (χ0v) is 14.4. The summed E-state index contributed by atoms with van der Waals surface area (Å²) in [6.45, 7) is 2.11. The van der Waals surface area contributed by atoms with Crippen LogP contribution in [-0.4, -0.2) is 25.3 Å². The van der Waals surface area contributed by atoms with E-state index in [1.807, 2.05) is 6.07 Å². The number of aryl methyl sites for hydroxylation is 1. The molecule has 98 valence electrons. The third-order valence-electron chi connectivity index (χ3n) is 3.43. The molecule has 0 nitrogen and oxygen atoms in total. The molecule has 2 aromatic carbocycles. The molecular formula is C16H14Cl2Te. The van der Waals surface area contributed by atoms with Gasteiger partial charge in [-0.05, 0) is 0 Å². The molecule has 0 amide bonds. The minimum atomic E-state index is -0.561. The molecule has 3 heteroatoms. The van der Waals surface area contributed by atoms with Crippen LogP contribution in [-0.2, 0) is 0 Å². The van der Waals surface area contributed by atoms with Crippen LogP contribution in [0.5, 0.6) is 0 Å². The molecule has 2 unspecified atom stereocenters. The fraction of sp³-hybridized carbons (Fsp3) is 0.250. The molecule has 0 spiro atoms. The Hall–Kier alpha value is -0.190. The molecule has 0 aromatic heterocycles. The number of halogens is 2. The van der Waals surface area contributed by atoms with Crippen LogP contribution >= 0.6 is 23.2 Å². The van der Waals surface area contributed by atoms with Crippen molar-refractivity contribution in [1.82, 2.24) is 0 Å². The molecule has 1 fully saturated rings. The molecule has 0 saturated heterocycles. The molecule has 0 bridgehead atoms. The van der Waals surface area contributed by atoms with Gasteiger partial charge in [0.25, 0.3) is 0 Å². The van der Waals surface area contributed by atoms with Gasteiger partial charge in [-0.15, -0.1) is 0 Å². The summed E-state index contributed by atoms with van der Waals surface area (Å²) < 4.78 is 1.31. The maximum atomic E-state index is 6.49. The summed E-state index contributed by atoms with van der Waals surface area (Å²) >= 11 is 12.6. The van der Waals surface area contributed by atoms with Crippen molar-refractivity contribution in [3.8, 4) is 0 Å². The molecule has 0 heterocycles. The van der Waals surface area contributed by atoms with Crippen LogP contribution in [0.2, 0.25) is 3.97 Å². The normalized spacial score (nSPS) is 24.2. The zero-order valence-electron chi connectivity index (χ0n) is 10.5.